The Morgan fingerprint density at radius 2 is 1.13 bits per heavy atom. The van der Waals surface area contributed by atoms with Gasteiger partial charge in [-0.3, -0.25) is 0 Å². The van der Waals surface area contributed by atoms with Gasteiger partial charge in [-0.1, -0.05) is 103 Å². The Bertz CT molecular complexity index is 1340. The smallest absolute Gasteiger partial charge is 0.0447 e. The Hall–Kier alpha value is -3.84. The van der Waals surface area contributed by atoms with Gasteiger partial charge < -0.3 is 4.90 Å². The van der Waals surface area contributed by atoms with Crippen molar-refractivity contribution in [2.45, 2.75) is 0 Å². The van der Waals surface area contributed by atoms with Crippen molar-refractivity contribution in [3.05, 3.63) is 115 Å². The van der Waals surface area contributed by atoms with E-state index in [0.717, 1.165) is 0 Å². The normalized spacial score (nSPS) is 10.9. The van der Waals surface area contributed by atoms with Crippen LogP contribution in [0.5, 0.6) is 0 Å². The summed E-state index contributed by atoms with van der Waals surface area (Å²) in [4.78, 5) is 2.21. The lowest BCUT2D eigenvalue weighted by molar-refractivity contribution is 1.14. The quantitative estimate of drug-likeness (QED) is 0.297. The highest BCUT2D eigenvalue weighted by atomic mass is 15.1. The lowest BCUT2D eigenvalue weighted by Crippen LogP contribution is -2.10. The predicted octanol–water partition coefficient (Wildman–Crippen LogP) is 7.91. The van der Waals surface area contributed by atoms with Crippen molar-refractivity contribution in [2.75, 3.05) is 19.0 Å². The van der Waals surface area contributed by atoms with Crippen molar-refractivity contribution in [3.63, 3.8) is 0 Å². The first-order valence-corrected chi connectivity index (χ1v) is 10.7. The molecule has 5 aromatic carbocycles. The van der Waals surface area contributed by atoms with Crippen LogP contribution in [0, 0.1) is 0 Å². The van der Waals surface area contributed by atoms with E-state index in [1.54, 1.807) is 0 Å². The van der Waals surface area contributed by atoms with E-state index in [4.69, 9.17) is 0 Å². The van der Waals surface area contributed by atoms with Crippen molar-refractivity contribution in [1.82, 2.24) is 0 Å². The summed E-state index contributed by atoms with van der Waals surface area (Å²) in [7, 11) is 4.24. The number of anilines is 1. The topological polar surface area (TPSA) is 3.24 Å². The molecule has 1 heteroatoms. The SMILES string of the molecule is CN(C)c1ccc2ccccc2c1-c1cc(-c2ccccc2)ccc1-c1ccccc1. The first kappa shape index (κ1) is 19.1. The molecule has 31 heavy (non-hydrogen) atoms. The zero-order chi connectivity index (χ0) is 21.2. The standard InChI is InChI=1S/C30H25N/c1-31(2)29-20-18-24-15-9-10-16-27(24)30(29)28-21-25(22-11-5-3-6-12-22)17-19-26(28)23-13-7-4-8-14-23/h3-21H,1-2H3. The van der Waals surface area contributed by atoms with Gasteiger partial charge in [-0.15, -0.1) is 0 Å². The van der Waals surface area contributed by atoms with Gasteiger partial charge in [0.1, 0.15) is 0 Å². The van der Waals surface area contributed by atoms with Crippen LogP contribution in [0.4, 0.5) is 5.69 Å². The van der Waals surface area contributed by atoms with E-state index in [0.29, 0.717) is 0 Å². The average Bonchev–Trinajstić information content (AvgIpc) is 2.84. The minimum Gasteiger partial charge on any atom is -0.377 e. The lowest BCUT2D eigenvalue weighted by atomic mass is 9.87. The number of hydrogen-bond acceptors (Lipinski definition) is 1. The molecule has 0 radical (unpaired) electrons. The van der Waals surface area contributed by atoms with Gasteiger partial charge in [0.05, 0.1) is 0 Å². The zero-order valence-electron chi connectivity index (χ0n) is 17.9. The Morgan fingerprint density at radius 3 is 1.84 bits per heavy atom. The van der Waals surface area contributed by atoms with Crippen LogP contribution in [-0.4, -0.2) is 14.1 Å². The van der Waals surface area contributed by atoms with Crippen LogP contribution in [0.2, 0.25) is 0 Å². The second-order valence-corrected chi connectivity index (χ2v) is 8.07. The van der Waals surface area contributed by atoms with Crippen molar-refractivity contribution in [2.24, 2.45) is 0 Å². The molecule has 0 unspecified atom stereocenters. The molecule has 0 fully saturated rings. The molecule has 0 heterocycles. The molecule has 0 saturated heterocycles. The highest BCUT2D eigenvalue weighted by Crippen LogP contribution is 2.43. The first-order valence-electron chi connectivity index (χ1n) is 10.7. The molecule has 0 aliphatic carbocycles. The van der Waals surface area contributed by atoms with Gasteiger partial charge in [0, 0.05) is 25.3 Å². The van der Waals surface area contributed by atoms with E-state index >= 15 is 0 Å². The van der Waals surface area contributed by atoms with Crippen LogP contribution in [0.1, 0.15) is 0 Å². The number of rotatable bonds is 4. The van der Waals surface area contributed by atoms with Crippen molar-refractivity contribution in [3.8, 4) is 33.4 Å². The fourth-order valence-electron chi connectivity index (χ4n) is 4.35. The molecule has 150 valence electrons. The minimum absolute atomic E-state index is 1.22. The maximum atomic E-state index is 2.35. The fraction of sp³-hybridized carbons (Fsp3) is 0.0667. The number of benzene rings is 5. The van der Waals surface area contributed by atoms with Gasteiger partial charge in [-0.25, -0.2) is 0 Å². The monoisotopic (exact) mass is 399 g/mol. The molecule has 0 saturated carbocycles. The maximum Gasteiger partial charge on any atom is 0.0447 e. The molecule has 0 N–H and O–H groups in total. The molecule has 1 nitrogen and oxygen atoms in total. The van der Waals surface area contributed by atoms with Gasteiger partial charge in [0.2, 0.25) is 0 Å². The molecule has 0 aromatic heterocycles. The average molecular weight is 400 g/mol. The maximum absolute atomic E-state index is 2.35. The van der Waals surface area contributed by atoms with Gasteiger partial charge in [0.25, 0.3) is 0 Å². The van der Waals surface area contributed by atoms with E-state index in [9.17, 15) is 0 Å². The van der Waals surface area contributed by atoms with Gasteiger partial charge >= 0.3 is 0 Å². The van der Waals surface area contributed by atoms with Crippen LogP contribution in [0.15, 0.2) is 115 Å². The first-order chi connectivity index (χ1) is 15.2. The minimum atomic E-state index is 1.22. The lowest BCUT2D eigenvalue weighted by Gasteiger charge is -2.22. The summed E-state index contributed by atoms with van der Waals surface area (Å²) < 4.78 is 0. The Balaban J connectivity index is 1.87. The highest BCUT2D eigenvalue weighted by Gasteiger charge is 2.17. The van der Waals surface area contributed by atoms with Crippen LogP contribution < -0.4 is 4.90 Å². The molecular weight excluding hydrogens is 374 g/mol. The van der Waals surface area contributed by atoms with Crippen molar-refractivity contribution in [1.29, 1.82) is 0 Å². The molecule has 5 aromatic rings. The second kappa shape index (κ2) is 8.12. The largest absolute Gasteiger partial charge is 0.377 e. The zero-order valence-corrected chi connectivity index (χ0v) is 17.9. The number of hydrogen-bond donors (Lipinski definition) is 0. The molecule has 0 aliphatic rings. The third-order valence-electron chi connectivity index (χ3n) is 5.87. The van der Waals surface area contributed by atoms with Crippen LogP contribution in [-0.2, 0) is 0 Å². The van der Waals surface area contributed by atoms with E-state index in [-0.39, 0.29) is 0 Å². The van der Waals surface area contributed by atoms with Crippen molar-refractivity contribution < 1.29 is 0 Å². The summed E-state index contributed by atoms with van der Waals surface area (Å²) >= 11 is 0. The van der Waals surface area contributed by atoms with Gasteiger partial charge in [0.15, 0.2) is 0 Å². The Labute approximate surface area is 184 Å². The summed E-state index contributed by atoms with van der Waals surface area (Å²) in [5.74, 6) is 0. The summed E-state index contributed by atoms with van der Waals surface area (Å²) in [5, 5.41) is 2.53. The Kier molecular flexibility index (Phi) is 5.01. The highest BCUT2D eigenvalue weighted by molar-refractivity contribution is 6.06. The third-order valence-corrected chi connectivity index (χ3v) is 5.87. The van der Waals surface area contributed by atoms with Gasteiger partial charge in [-0.05, 0) is 50.7 Å². The molecule has 5 rings (SSSR count). The number of fused-ring (bicyclic) bond motifs is 1. The number of nitrogens with zero attached hydrogens (tertiary/aromatic N) is 1. The van der Waals surface area contributed by atoms with Crippen molar-refractivity contribution >= 4 is 16.5 Å². The summed E-state index contributed by atoms with van der Waals surface area (Å²) in [6.07, 6.45) is 0. The molecule has 0 bridgehead atoms. The van der Waals surface area contributed by atoms with Gasteiger partial charge in [-0.2, -0.15) is 0 Å². The predicted molar refractivity (Wildman–Crippen MR) is 135 cm³/mol. The van der Waals surface area contributed by atoms with E-state index in [2.05, 4.69) is 134 Å². The molecule has 0 spiro atoms. The summed E-state index contributed by atoms with van der Waals surface area (Å²) in [6, 6.07) is 41.3. The molecule has 0 atom stereocenters. The van der Waals surface area contributed by atoms with E-state index in [1.165, 1.54) is 49.8 Å². The summed E-state index contributed by atoms with van der Waals surface area (Å²) in [5.41, 5.74) is 8.70. The fourth-order valence-corrected chi connectivity index (χ4v) is 4.35. The Morgan fingerprint density at radius 1 is 0.484 bits per heavy atom. The van der Waals surface area contributed by atoms with E-state index < -0.39 is 0 Å². The third kappa shape index (κ3) is 3.60. The second-order valence-electron chi connectivity index (χ2n) is 8.07. The van der Waals surface area contributed by atoms with Crippen LogP contribution in [0.25, 0.3) is 44.2 Å². The van der Waals surface area contributed by atoms with Crippen LogP contribution >= 0.6 is 0 Å². The molecule has 0 amide bonds. The van der Waals surface area contributed by atoms with E-state index in [1.807, 2.05) is 0 Å². The molecular formula is C30H25N. The molecule has 0 aliphatic heterocycles. The summed E-state index contributed by atoms with van der Waals surface area (Å²) in [6.45, 7) is 0. The van der Waals surface area contributed by atoms with Crippen LogP contribution in [0.3, 0.4) is 0 Å².